The summed E-state index contributed by atoms with van der Waals surface area (Å²) in [5.41, 5.74) is 0. The van der Waals surface area contributed by atoms with Crippen LogP contribution in [0.15, 0.2) is 23.1 Å². The molecule has 1 aromatic carbocycles. The Kier molecular flexibility index (Phi) is 6.25. The molecule has 0 heterocycles. The van der Waals surface area contributed by atoms with E-state index >= 15 is 0 Å². The number of sulfonamides is 1. The summed E-state index contributed by atoms with van der Waals surface area (Å²) in [4.78, 5) is 10.7. The summed E-state index contributed by atoms with van der Waals surface area (Å²) in [6, 6.07) is 1.54. The third kappa shape index (κ3) is 4.62. The Balaban J connectivity index is 3.00. The molecule has 0 aliphatic heterocycles. The van der Waals surface area contributed by atoms with E-state index in [1.54, 1.807) is 6.26 Å². The van der Waals surface area contributed by atoms with Gasteiger partial charge in [-0.05, 0) is 36.6 Å². The second kappa shape index (κ2) is 7.26. The average Bonchev–Trinajstić information content (AvgIpc) is 2.33. The lowest BCUT2D eigenvalue weighted by Gasteiger charge is -2.15. The largest absolute Gasteiger partial charge is 0.480 e. The molecule has 0 saturated carbocycles. The zero-order valence-corrected chi connectivity index (χ0v) is 12.9. The molecule has 0 aromatic heterocycles. The summed E-state index contributed by atoms with van der Waals surface area (Å²) in [5.74, 6) is -1.47. The molecule has 0 amide bonds. The molecule has 0 aliphatic carbocycles. The Morgan fingerprint density at radius 2 is 2.20 bits per heavy atom. The van der Waals surface area contributed by atoms with E-state index in [1.807, 2.05) is 0 Å². The van der Waals surface area contributed by atoms with E-state index in [0.29, 0.717) is 5.75 Å². The van der Waals surface area contributed by atoms with Crippen LogP contribution >= 0.6 is 23.4 Å². The Morgan fingerprint density at radius 3 is 2.70 bits per heavy atom. The van der Waals surface area contributed by atoms with E-state index < -0.39 is 27.9 Å². The Bertz CT molecular complexity index is 594. The molecule has 0 bridgehead atoms. The number of nitrogens with one attached hydrogen (secondary N) is 1. The van der Waals surface area contributed by atoms with E-state index in [4.69, 9.17) is 16.7 Å². The van der Waals surface area contributed by atoms with E-state index in [-0.39, 0.29) is 16.3 Å². The number of rotatable bonds is 7. The first-order valence-electron chi connectivity index (χ1n) is 5.47. The number of halogens is 2. The number of carboxylic acids is 1. The van der Waals surface area contributed by atoms with Crippen LogP contribution in [0.25, 0.3) is 0 Å². The van der Waals surface area contributed by atoms with Gasteiger partial charge in [0.25, 0.3) is 0 Å². The third-order valence-electron chi connectivity index (χ3n) is 2.39. The standard InChI is InChI=1S/C11H13ClFNO4S2/c1-19-5-4-9(11(15)16)14-20(17,18)10-3-2-7(13)6-8(10)12/h2-3,6,9,14H,4-5H2,1H3,(H,15,16)/t9-/m0/s1. The zero-order chi connectivity index (χ0) is 15.3. The van der Waals surface area contributed by atoms with E-state index in [9.17, 15) is 17.6 Å². The van der Waals surface area contributed by atoms with Crippen molar-refractivity contribution in [2.45, 2.75) is 17.4 Å². The van der Waals surface area contributed by atoms with Crippen molar-refractivity contribution >= 4 is 39.4 Å². The van der Waals surface area contributed by atoms with Gasteiger partial charge < -0.3 is 5.11 Å². The van der Waals surface area contributed by atoms with Gasteiger partial charge in [0.2, 0.25) is 10.0 Å². The van der Waals surface area contributed by atoms with Crippen LogP contribution in [0.3, 0.4) is 0 Å². The number of hydrogen-bond donors (Lipinski definition) is 2. The number of thioether (sulfide) groups is 1. The third-order valence-corrected chi connectivity index (χ3v) is 4.99. The number of benzene rings is 1. The predicted molar refractivity (Wildman–Crippen MR) is 76.2 cm³/mol. The Morgan fingerprint density at radius 1 is 1.55 bits per heavy atom. The minimum absolute atomic E-state index is 0.133. The molecular weight excluding hydrogens is 329 g/mol. The number of hydrogen-bond acceptors (Lipinski definition) is 4. The van der Waals surface area contributed by atoms with E-state index in [2.05, 4.69) is 4.72 Å². The first-order valence-corrected chi connectivity index (χ1v) is 8.72. The first kappa shape index (κ1) is 17.2. The van der Waals surface area contributed by atoms with Gasteiger partial charge in [0.05, 0.1) is 5.02 Å². The van der Waals surface area contributed by atoms with Crippen LogP contribution in [0.1, 0.15) is 6.42 Å². The average molecular weight is 342 g/mol. The van der Waals surface area contributed by atoms with Gasteiger partial charge in [-0.15, -0.1) is 0 Å². The van der Waals surface area contributed by atoms with Crippen LogP contribution in [0.5, 0.6) is 0 Å². The molecule has 0 saturated heterocycles. The summed E-state index contributed by atoms with van der Waals surface area (Å²) in [7, 11) is -4.12. The maximum absolute atomic E-state index is 12.9. The van der Waals surface area contributed by atoms with Gasteiger partial charge in [-0.3, -0.25) is 4.79 Å². The highest BCUT2D eigenvalue weighted by Gasteiger charge is 2.26. The molecule has 1 atom stereocenters. The summed E-state index contributed by atoms with van der Waals surface area (Å²) in [5, 5.41) is 8.69. The molecule has 0 spiro atoms. The Hall–Kier alpha value is -0.830. The quantitative estimate of drug-likeness (QED) is 0.792. The topological polar surface area (TPSA) is 83.5 Å². The second-order valence-corrected chi connectivity index (χ2v) is 6.94. The van der Waals surface area contributed by atoms with Crippen molar-refractivity contribution in [3.05, 3.63) is 29.0 Å². The SMILES string of the molecule is CSCC[C@H](NS(=O)(=O)c1ccc(F)cc1Cl)C(=O)O. The van der Waals surface area contributed by atoms with Crippen LogP contribution in [0, 0.1) is 5.82 Å². The number of carboxylic acid groups (broad SMARTS) is 1. The summed E-state index contributed by atoms with van der Waals surface area (Å²) >= 11 is 7.07. The van der Waals surface area contributed by atoms with Crippen molar-refractivity contribution in [1.82, 2.24) is 4.72 Å². The number of aliphatic carboxylic acids is 1. The number of carbonyl (C=O) groups is 1. The first-order chi connectivity index (χ1) is 9.27. The normalized spacial score (nSPS) is 13.2. The summed E-state index contributed by atoms with van der Waals surface area (Å²) in [6.07, 6.45) is 1.92. The van der Waals surface area contributed by atoms with Crippen LogP contribution in [-0.4, -0.2) is 37.5 Å². The predicted octanol–water partition coefficient (Wildman–Crippen LogP) is 1.96. The van der Waals surface area contributed by atoms with Crippen molar-refractivity contribution in [3.63, 3.8) is 0 Å². The van der Waals surface area contributed by atoms with Crippen molar-refractivity contribution in [3.8, 4) is 0 Å². The van der Waals surface area contributed by atoms with Crippen molar-refractivity contribution < 1.29 is 22.7 Å². The van der Waals surface area contributed by atoms with Gasteiger partial charge in [0.15, 0.2) is 0 Å². The van der Waals surface area contributed by atoms with Crippen LogP contribution in [0.4, 0.5) is 4.39 Å². The van der Waals surface area contributed by atoms with Gasteiger partial charge in [0.1, 0.15) is 16.8 Å². The maximum atomic E-state index is 12.9. The van der Waals surface area contributed by atoms with Gasteiger partial charge >= 0.3 is 5.97 Å². The molecule has 0 radical (unpaired) electrons. The van der Waals surface area contributed by atoms with E-state index in [1.165, 1.54) is 11.8 Å². The van der Waals surface area contributed by atoms with Gasteiger partial charge in [-0.2, -0.15) is 16.5 Å². The molecule has 0 unspecified atom stereocenters. The fourth-order valence-corrected chi connectivity index (χ4v) is 3.64. The molecule has 20 heavy (non-hydrogen) atoms. The molecule has 5 nitrogen and oxygen atoms in total. The van der Waals surface area contributed by atoms with Crippen molar-refractivity contribution in [1.29, 1.82) is 0 Å². The summed E-state index contributed by atoms with van der Waals surface area (Å²) < 4.78 is 39.1. The van der Waals surface area contributed by atoms with Crippen LogP contribution < -0.4 is 4.72 Å². The minimum Gasteiger partial charge on any atom is -0.480 e. The van der Waals surface area contributed by atoms with Crippen LogP contribution in [-0.2, 0) is 14.8 Å². The molecule has 9 heteroatoms. The maximum Gasteiger partial charge on any atom is 0.321 e. The highest BCUT2D eigenvalue weighted by atomic mass is 35.5. The van der Waals surface area contributed by atoms with Crippen LogP contribution in [0.2, 0.25) is 5.02 Å². The Labute approximate surface area is 125 Å². The minimum atomic E-state index is -4.12. The zero-order valence-electron chi connectivity index (χ0n) is 10.5. The summed E-state index contributed by atoms with van der Waals surface area (Å²) in [6.45, 7) is 0. The van der Waals surface area contributed by atoms with Crippen molar-refractivity contribution in [2.24, 2.45) is 0 Å². The second-order valence-electron chi connectivity index (χ2n) is 3.87. The highest BCUT2D eigenvalue weighted by molar-refractivity contribution is 7.98. The molecule has 2 N–H and O–H groups in total. The van der Waals surface area contributed by atoms with Gasteiger partial charge in [-0.25, -0.2) is 12.8 Å². The smallest absolute Gasteiger partial charge is 0.321 e. The molecule has 0 fully saturated rings. The molecule has 0 aliphatic rings. The molecule has 1 aromatic rings. The highest BCUT2D eigenvalue weighted by Crippen LogP contribution is 2.22. The van der Waals surface area contributed by atoms with E-state index in [0.717, 1.165) is 18.2 Å². The lowest BCUT2D eigenvalue weighted by Crippen LogP contribution is -2.41. The lowest BCUT2D eigenvalue weighted by atomic mass is 10.2. The monoisotopic (exact) mass is 341 g/mol. The van der Waals surface area contributed by atoms with Crippen molar-refractivity contribution in [2.75, 3.05) is 12.0 Å². The molecular formula is C11H13ClFNO4S2. The fourth-order valence-electron chi connectivity index (χ4n) is 1.41. The fraction of sp³-hybridized carbons (Fsp3) is 0.364. The van der Waals surface area contributed by atoms with Gasteiger partial charge in [0, 0.05) is 0 Å². The van der Waals surface area contributed by atoms with Gasteiger partial charge in [-0.1, -0.05) is 11.6 Å². The lowest BCUT2D eigenvalue weighted by molar-refractivity contribution is -0.139. The molecule has 112 valence electrons. The molecule has 1 rings (SSSR count).